The van der Waals surface area contributed by atoms with Gasteiger partial charge >= 0.3 is 0 Å². The minimum Gasteiger partial charge on any atom is -0.493 e. The van der Waals surface area contributed by atoms with E-state index in [1.165, 1.54) is 20.2 Å². The van der Waals surface area contributed by atoms with E-state index in [0.717, 1.165) is 4.68 Å². The van der Waals surface area contributed by atoms with Crippen LogP contribution in [0, 0.1) is 0 Å². The Balaban J connectivity index is 1.79. The summed E-state index contributed by atoms with van der Waals surface area (Å²) >= 11 is 0. The molecule has 1 aromatic heterocycles. The van der Waals surface area contributed by atoms with Crippen LogP contribution >= 0.6 is 0 Å². The predicted molar refractivity (Wildman–Crippen MR) is 106 cm³/mol. The van der Waals surface area contributed by atoms with Gasteiger partial charge in [0.15, 0.2) is 17.2 Å². The Kier molecular flexibility index (Phi) is 5.77. The molecule has 3 aromatic rings. The van der Waals surface area contributed by atoms with E-state index in [-0.39, 0.29) is 16.8 Å². The van der Waals surface area contributed by atoms with Crippen LogP contribution < -0.4 is 25.9 Å². The second-order valence-corrected chi connectivity index (χ2v) is 6.03. The van der Waals surface area contributed by atoms with Crippen LogP contribution in [-0.4, -0.2) is 35.3 Å². The lowest BCUT2D eigenvalue weighted by Gasteiger charge is -2.12. The van der Waals surface area contributed by atoms with Crippen molar-refractivity contribution in [1.29, 1.82) is 0 Å². The van der Waals surface area contributed by atoms with Crippen molar-refractivity contribution in [1.82, 2.24) is 20.6 Å². The lowest BCUT2D eigenvalue weighted by Crippen LogP contribution is -2.42. The molecule has 2 amide bonds. The van der Waals surface area contributed by atoms with Gasteiger partial charge < -0.3 is 9.47 Å². The van der Waals surface area contributed by atoms with Gasteiger partial charge in [0.2, 0.25) is 0 Å². The third-order valence-corrected chi connectivity index (χ3v) is 4.19. The lowest BCUT2D eigenvalue weighted by molar-refractivity contribution is 0.0843. The van der Waals surface area contributed by atoms with Crippen LogP contribution in [0.25, 0.3) is 10.8 Å². The summed E-state index contributed by atoms with van der Waals surface area (Å²) in [4.78, 5) is 37.1. The van der Waals surface area contributed by atoms with Crippen molar-refractivity contribution in [2.75, 3.05) is 13.7 Å². The first kappa shape index (κ1) is 19.9. The predicted octanol–water partition coefficient (Wildman–Crippen LogP) is 1.42. The normalized spacial score (nSPS) is 10.4. The number of methoxy groups -OCH3 is 1. The van der Waals surface area contributed by atoms with Crippen LogP contribution in [0.2, 0.25) is 0 Å². The van der Waals surface area contributed by atoms with Crippen LogP contribution in [0.3, 0.4) is 0 Å². The van der Waals surface area contributed by atoms with Gasteiger partial charge in [-0.25, -0.2) is 4.68 Å². The van der Waals surface area contributed by atoms with E-state index in [4.69, 9.17) is 9.47 Å². The highest BCUT2D eigenvalue weighted by Gasteiger charge is 2.17. The minimum absolute atomic E-state index is 0.0206. The molecule has 0 radical (unpaired) electrons. The summed E-state index contributed by atoms with van der Waals surface area (Å²) in [6, 6.07) is 11.3. The molecule has 0 aliphatic carbocycles. The third kappa shape index (κ3) is 4.03. The second-order valence-electron chi connectivity index (χ2n) is 6.03. The summed E-state index contributed by atoms with van der Waals surface area (Å²) in [7, 11) is 2.92. The maximum atomic E-state index is 12.6. The number of nitrogens with one attached hydrogen (secondary N) is 2. The van der Waals surface area contributed by atoms with Crippen molar-refractivity contribution in [3.8, 4) is 11.5 Å². The van der Waals surface area contributed by atoms with Crippen LogP contribution in [0.15, 0.2) is 47.3 Å². The fourth-order valence-corrected chi connectivity index (χ4v) is 2.80. The Morgan fingerprint density at radius 1 is 1.03 bits per heavy atom. The van der Waals surface area contributed by atoms with Crippen molar-refractivity contribution >= 4 is 22.6 Å². The van der Waals surface area contributed by atoms with E-state index < -0.39 is 11.8 Å². The summed E-state index contributed by atoms with van der Waals surface area (Å²) in [5, 5.41) is 4.77. The average Bonchev–Trinajstić information content (AvgIpc) is 2.74. The molecule has 9 heteroatoms. The number of ether oxygens (including phenoxy) is 2. The van der Waals surface area contributed by atoms with Crippen molar-refractivity contribution in [3.05, 3.63) is 64.1 Å². The van der Waals surface area contributed by atoms with Gasteiger partial charge in [-0.15, -0.1) is 0 Å². The molecule has 0 unspecified atom stereocenters. The van der Waals surface area contributed by atoms with Gasteiger partial charge in [0.25, 0.3) is 17.4 Å². The van der Waals surface area contributed by atoms with E-state index in [1.54, 1.807) is 36.4 Å². The Morgan fingerprint density at radius 3 is 2.41 bits per heavy atom. The summed E-state index contributed by atoms with van der Waals surface area (Å²) in [6.45, 7) is 2.30. The quantitative estimate of drug-likeness (QED) is 0.631. The number of rotatable bonds is 5. The highest BCUT2D eigenvalue weighted by molar-refractivity contribution is 6.06. The van der Waals surface area contributed by atoms with E-state index in [0.29, 0.717) is 28.9 Å². The molecule has 3 rings (SSSR count). The van der Waals surface area contributed by atoms with Crippen molar-refractivity contribution in [2.24, 2.45) is 7.05 Å². The number of carbonyl (C=O) groups is 2. The molecule has 0 aliphatic rings. The van der Waals surface area contributed by atoms with Gasteiger partial charge in [-0.05, 0) is 31.2 Å². The van der Waals surface area contributed by atoms with Crippen LogP contribution in [-0.2, 0) is 7.05 Å². The standard InChI is InChI=1S/C20H20N4O5/c1-4-29-15-10-9-12(11-16(15)28-3)18(25)21-22-19(26)17-13-7-5-6-8-14(13)20(27)24(2)23-17/h5-11H,4H2,1-3H3,(H,21,25)(H,22,26). The molecule has 9 nitrogen and oxygen atoms in total. The zero-order valence-corrected chi connectivity index (χ0v) is 16.2. The van der Waals surface area contributed by atoms with Gasteiger partial charge in [-0.1, -0.05) is 18.2 Å². The first-order valence-electron chi connectivity index (χ1n) is 8.83. The molecule has 0 spiro atoms. The lowest BCUT2D eigenvalue weighted by atomic mass is 10.1. The second kappa shape index (κ2) is 8.42. The number of carbonyl (C=O) groups excluding carboxylic acids is 2. The molecular weight excluding hydrogens is 376 g/mol. The molecule has 0 aliphatic heterocycles. The molecule has 150 valence electrons. The van der Waals surface area contributed by atoms with Crippen molar-refractivity contribution in [3.63, 3.8) is 0 Å². The zero-order valence-electron chi connectivity index (χ0n) is 16.2. The molecule has 0 saturated heterocycles. The van der Waals surface area contributed by atoms with Crippen molar-refractivity contribution < 1.29 is 19.1 Å². The Labute approximate surface area is 166 Å². The van der Waals surface area contributed by atoms with Crippen molar-refractivity contribution in [2.45, 2.75) is 6.92 Å². The Morgan fingerprint density at radius 2 is 1.72 bits per heavy atom. The summed E-state index contributed by atoms with van der Waals surface area (Å²) < 4.78 is 11.7. The molecule has 2 aromatic carbocycles. The minimum atomic E-state index is -0.650. The van der Waals surface area contributed by atoms with E-state index in [9.17, 15) is 14.4 Å². The summed E-state index contributed by atoms with van der Waals surface area (Å²) in [5.74, 6) is -0.287. The maximum absolute atomic E-state index is 12.6. The number of hydrazine groups is 1. The number of aryl methyl sites for hydroxylation is 1. The highest BCUT2D eigenvalue weighted by Crippen LogP contribution is 2.27. The van der Waals surface area contributed by atoms with Gasteiger partial charge in [-0.2, -0.15) is 5.10 Å². The zero-order chi connectivity index (χ0) is 21.0. The van der Waals surface area contributed by atoms with Gasteiger partial charge in [0.1, 0.15) is 0 Å². The number of nitrogens with zero attached hydrogens (tertiary/aromatic N) is 2. The number of benzene rings is 2. The smallest absolute Gasteiger partial charge is 0.290 e. The molecule has 1 heterocycles. The average molecular weight is 396 g/mol. The number of hydrogen-bond acceptors (Lipinski definition) is 6. The molecule has 2 N–H and O–H groups in total. The molecule has 0 atom stereocenters. The van der Waals surface area contributed by atoms with Gasteiger partial charge in [0, 0.05) is 18.0 Å². The highest BCUT2D eigenvalue weighted by atomic mass is 16.5. The Hall–Kier alpha value is -3.88. The van der Waals surface area contributed by atoms with Gasteiger partial charge in [0.05, 0.1) is 19.1 Å². The van der Waals surface area contributed by atoms with Crippen LogP contribution in [0.1, 0.15) is 27.8 Å². The monoisotopic (exact) mass is 396 g/mol. The van der Waals surface area contributed by atoms with E-state index in [1.807, 2.05) is 6.92 Å². The van der Waals surface area contributed by atoms with Crippen LogP contribution in [0.4, 0.5) is 0 Å². The van der Waals surface area contributed by atoms with Crippen LogP contribution in [0.5, 0.6) is 11.5 Å². The first-order chi connectivity index (χ1) is 14.0. The molecular formula is C20H20N4O5. The number of hydrogen-bond donors (Lipinski definition) is 2. The fourth-order valence-electron chi connectivity index (χ4n) is 2.80. The SMILES string of the molecule is CCOc1ccc(C(=O)NNC(=O)c2nn(C)c(=O)c3ccccc23)cc1OC. The number of amides is 2. The molecule has 29 heavy (non-hydrogen) atoms. The summed E-state index contributed by atoms with van der Waals surface area (Å²) in [5.41, 5.74) is 4.63. The molecule has 0 saturated carbocycles. The molecule has 0 fully saturated rings. The van der Waals surface area contributed by atoms with E-state index >= 15 is 0 Å². The molecule has 0 bridgehead atoms. The first-order valence-corrected chi connectivity index (χ1v) is 8.83. The maximum Gasteiger partial charge on any atom is 0.290 e. The van der Waals surface area contributed by atoms with E-state index in [2.05, 4.69) is 16.0 Å². The topological polar surface area (TPSA) is 112 Å². The van der Waals surface area contributed by atoms with Gasteiger partial charge in [-0.3, -0.25) is 25.2 Å². The Bertz CT molecular complexity index is 1140. The fraction of sp³-hybridized carbons (Fsp3) is 0.200. The third-order valence-electron chi connectivity index (χ3n) is 4.19. The summed E-state index contributed by atoms with van der Waals surface area (Å²) in [6.07, 6.45) is 0. The number of aromatic nitrogens is 2. The number of fused-ring (bicyclic) bond motifs is 1. The largest absolute Gasteiger partial charge is 0.493 e.